The minimum absolute atomic E-state index is 0.0167. The molecule has 1 N–H and O–H groups in total. The minimum atomic E-state index is -1.40. The zero-order valence-corrected chi connectivity index (χ0v) is 23.4. The average molecular weight is 538 g/mol. The number of carbonyl (C=O) groups is 2. The second-order valence-electron chi connectivity index (χ2n) is 11.6. The average Bonchev–Trinajstić information content (AvgIpc) is 2.92. The Morgan fingerprint density at radius 3 is 2.03 bits per heavy atom. The van der Waals surface area contributed by atoms with Gasteiger partial charge in [0.25, 0.3) is 11.8 Å². The van der Waals surface area contributed by atoms with Crippen molar-refractivity contribution in [1.82, 2.24) is 9.80 Å². The molecule has 3 aliphatic rings. The summed E-state index contributed by atoms with van der Waals surface area (Å²) < 4.78 is 0. The van der Waals surface area contributed by atoms with E-state index in [1.807, 2.05) is 53.4 Å². The number of rotatable bonds is 6. The molecule has 2 aliphatic heterocycles. The van der Waals surface area contributed by atoms with Crippen LogP contribution in [0.4, 0.5) is 5.69 Å². The van der Waals surface area contributed by atoms with Gasteiger partial charge in [0, 0.05) is 51.9 Å². The van der Waals surface area contributed by atoms with Gasteiger partial charge in [0.05, 0.1) is 10.6 Å². The van der Waals surface area contributed by atoms with E-state index in [9.17, 15) is 14.7 Å². The number of aliphatic hydroxyl groups is 1. The molecule has 2 saturated heterocycles. The predicted molar refractivity (Wildman–Crippen MR) is 151 cm³/mol. The summed E-state index contributed by atoms with van der Waals surface area (Å²) in [7, 11) is 3.46. The first-order valence-electron chi connectivity index (χ1n) is 14.1. The van der Waals surface area contributed by atoms with Crippen molar-refractivity contribution in [3.63, 3.8) is 0 Å². The second-order valence-corrected chi connectivity index (χ2v) is 12.0. The van der Waals surface area contributed by atoms with Gasteiger partial charge >= 0.3 is 0 Å². The monoisotopic (exact) mass is 537 g/mol. The number of piperidine rings is 2. The molecule has 2 heterocycles. The van der Waals surface area contributed by atoms with Crippen LogP contribution in [0.3, 0.4) is 0 Å². The fourth-order valence-electron chi connectivity index (χ4n) is 6.61. The highest BCUT2D eigenvalue weighted by Crippen LogP contribution is 2.44. The van der Waals surface area contributed by atoms with Crippen molar-refractivity contribution < 1.29 is 14.7 Å². The molecule has 5 rings (SSSR count). The van der Waals surface area contributed by atoms with Crippen molar-refractivity contribution in [1.29, 1.82) is 0 Å². The molecule has 0 aromatic heterocycles. The van der Waals surface area contributed by atoms with Crippen LogP contribution in [-0.2, 0) is 10.4 Å². The Balaban J connectivity index is 1.16. The maximum Gasteiger partial charge on any atom is 0.259 e. The van der Waals surface area contributed by atoms with Crippen LogP contribution in [0.15, 0.2) is 48.5 Å². The lowest BCUT2D eigenvalue weighted by atomic mass is 9.68. The van der Waals surface area contributed by atoms with Gasteiger partial charge in [-0.3, -0.25) is 9.59 Å². The summed E-state index contributed by atoms with van der Waals surface area (Å²) in [5, 5.41) is 12.2. The first-order chi connectivity index (χ1) is 18.3. The van der Waals surface area contributed by atoms with Gasteiger partial charge in [-0.25, -0.2) is 0 Å². The number of anilines is 1. The van der Waals surface area contributed by atoms with Crippen molar-refractivity contribution in [3.05, 3.63) is 64.7 Å². The molecule has 2 aromatic carbocycles. The molecular formula is C31H40ClN3O3. The topological polar surface area (TPSA) is 64.1 Å². The zero-order chi connectivity index (χ0) is 26.9. The highest BCUT2D eigenvalue weighted by molar-refractivity contribution is 6.34. The van der Waals surface area contributed by atoms with E-state index < -0.39 is 5.60 Å². The van der Waals surface area contributed by atoms with E-state index in [1.54, 1.807) is 19.0 Å². The van der Waals surface area contributed by atoms with Gasteiger partial charge in [-0.05, 0) is 74.1 Å². The number of likely N-dealkylation sites (tertiary alicyclic amines) is 1. The largest absolute Gasteiger partial charge is 0.375 e. The van der Waals surface area contributed by atoms with Gasteiger partial charge in [0.2, 0.25) is 0 Å². The molecule has 0 spiro atoms. The summed E-state index contributed by atoms with van der Waals surface area (Å²) in [5.41, 5.74) is 0.947. The van der Waals surface area contributed by atoms with Gasteiger partial charge in [-0.1, -0.05) is 48.4 Å². The fourth-order valence-corrected chi connectivity index (χ4v) is 6.87. The molecule has 204 valence electrons. The lowest BCUT2D eigenvalue weighted by Crippen LogP contribution is -2.55. The smallest absolute Gasteiger partial charge is 0.259 e. The van der Waals surface area contributed by atoms with E-state index in [0.29, 0.717) is 22.4 Å². The number of halogens is 1. The summed E-state index contributed by atoms with van der Waals surface area (Å²) in [6.45, 7) is 3.39. The molecule has 6 nitrogen and oxygen atoms in total. The summed E-state index contributed by atoms with van der Waals surface area (Å²) in [6.07, 6.45) is 7.13. The van der Waals surface area contributed by atoms with Crippen LogP contribution >= 0.6 is 11.6 Å². The van der Waals surface area contributed by atoms with Gasteiger partial charge in [0.15, 0.2) is 5.60 Å². The molecule has 1 atom stereocenters. The van der Waals surface area contributed by atoms with Gasteiger partial charge in [-0.2, -0.15) is 0 Å². The fraction of sp³-hybridized carbons (Fsp3) is 0.548. The highest BCUT2D eigenvalue weighted by Gasteiger charge is 2.50. The molecule has 1 unspecified atom stereocenters. The van der Waals surface area contributed by atoms with Crippen molar-refractivity contribution in [3.8, 4) is 0 Å². The maximum atomic E-state index is 13.7. The van der Waals surface area contributed by atoms with Gasteiger partial charge < -0.3 is 19.8 Å². The highest BCUT2D eigenvalue weighted by atomic mass is 35.5. The number of hydrogen-bond acceptors (Lipinski definition) is 4. The van der Waals surface area contributed by atoms with Crippen LogP contribution in [0.2, 0.25) is 5.02 Å². The normalized spacial score (nSPS) is 21.1. The van der Waals surface area contributed by atoms with E-state index in [4.69, 9.17) is 11.6 Å². The number of nitrogens with zero attached hydrogens (tertiary/aromatic N) is 3. The summed E-state index contributed by atoms with van der Waals surface area (Å²) in [6, 6.07) is 15.3. The lowest BCUT2D eigenvalue weighted by molar-refractivity contribution is -0.165. The molecule has 0 bridgehead atoms. The minimum Gasteiger partial charge on any atom is -0.375 e. The number of benzene rings is 2. The molecule has 2 aromatic rings. The first-order valence-corrected chi connectivity index (χ1v) is 14.5. The Bertz CT molecular complexity index is 1140. The Morgan fingerprint density at radius 1 is 0.895 bits per heavy atom. The maximum absolute atomic E-state index is 13.7. The third-order valence-corrected chi connectivity index (χ3v) is 9.54. The van der Waals surface area contributed by atoms with Crippen molar-refractivity contribution in [2.45, 2.75) is 50.5 Å². The number of hydrogen-bond donors (Lipinski definition) is 1. The Labute approximate surface area is 231 Å². The van der Waals surface area contributed by atoms with Crippen molar-refractivity contribution in [2.75, 3.05) is 45.2 Å². The van der Waals surface area contributed by atoms with E-state index in [0.717, 1.165) is 82.4 Å². The predicted octanol–water partition coefficient (Wildman–Crippen LogP) is 5.18. The molecule has 3 fully saturated rings. The molecule has 7 heteroatoms. The Morgan fingerprint density at radius 2 is 1.50 bits per heavy atom. The summed E-state index contributed by atoms with van der Waals surface area (Å²) in [5.74, 6) is 1.09. The molecule has 0 radical (unpaired) electrons. The van der Waals surface area contributed by atoms with Crippen molar-refractivity contribution >= 4 is 29.1 Å². The number of amides is 2. The first kappa shape index (κ1) is 27.0. The van der Waals surface area contributed by atoms with Crippen LogP contribution in [0.5, 0.6) is 0 Å². The van der Waals surface area contributed by atoms with Gasteiger partial charge in [-0.15, -0.1) is 0 Å². The quantitative estimate of drug-likeness (QED) is 0.551. The third kappa shape index (κ3) is 5.17. The zero-order valence-electron chi connectivity index (χ0n) is 22.6. The van der Waals surface area contributed by atoms with E-state index in [-0.39, 0.29) is 17.7 Å². The standard InChI is InChI=1S/C31H40ClN3O3/c1-33(2)29(36)27-12-11-26(21-28(27)32)34-17-13-22(14-18-34)23-15-19-35(20-16-23)30(37)31(38,25-9-6-10-25)24-7-4-3-5-8-24/h3-5,7-8,11-12,21-23,25,38H,6,9-10,13-20H2,1-2H3. The van der Waals surface area contributed by atoms with Crippen LogP contribution < -0.4 is 4.90 Å². The molecule has 38 heavy (non-hydrogen) atoms. The van der Waals surface area contributed by atoms with Crippen LogP contribution in [0.1, 0.15) is 60.9 Å². The second kappa shape index (κ2) is 11.3. The van der Waals surface area contributed by atoms with Crippen LogP contribution in [0, 0.1) is 17.8 Å². The summed E-state index contributed by atoms with van der Waals surface area (Å²) >= 11 is 6.46. The number of carbonyl (C=O) groups excluding carboxylic acids is 2. The van der Waals surface area contributed by atoms with E-state index in [2.05, 4.69) is 4.90 Å². The Kier molecular flexibility index (Phi) is 8.01. The Hall–Kier alpha value is -2.57. The third-order valence-electron chi connectivity index (χ3n) is 9.22. The van der Waals surface area contributed by atoms with Crippen LogP contribution in [0.25, 0.3) is 0 Å². The molecule has 2 amide bonds. The van der Waals surface area contributed by atoms with Gasteiger partial charge in [0.1, 0.15) is 0 Å². The molecule has 1 aliphatic carbocycles. The molecular weight excluding hydrogens is 498 g/mol. The van der Waals surface area contributed by atoms with E-state index in [1.165, 1.54) is 0 Å². The van der Waals surface area contributed by atoms with Crippen LogP contribution in [-0.4, -0.2) is 67.0 Å². The molecule has 1 saturated carbocycles. The lowest BCUT2D eigenvalue weighted by Gasteiger charge is -2.46. The van der Waals surface area contributed by atoms with E-state index >= 15 is 0 Å². The SMILES string of the molecule is CN(C)C(=O)c1ccc(N2CCC(C3CCN(C(=O)C(O)(c4ccccc4)C4CCC4)CC3)CC2)cc1Cl. The van der Waals surface area contributed by atoms with Crippen molar-refractivity contribution in [2.24, 2.45) is 17.8 Å². The summed E-state index contributed by atoms with van der Waals surface area (Å²) in [4.78, 5) is 31.8.